The molecule has 2 aliphatic rings. The van der Waals surface area contributed by atoms with Crippen LogP contribution in [0.25, 0.3) is 0 Å². The van der Waals surface area contributed by atoms with E-state index in [4.69, 9.17) is 4.74 Å². The summed E-state index contributed by atoms with van der Waals surface area (Å²) in [6.45, 7) is 5.31. The lowest BCUT2D eigenvalue weighted by atomic mass is 9.86. The lowest BCUT2D eigenvalue weighted by molar-refractivity contribution is 0.0165. The molecule has 1 N–H and O–H groups in total. The quantitative estimate of drug-likeness (QED) is 0.656. The van der Waals surface area contributed by atoms with Crippen LogP contribution in [0.15, 0.2) is 78.3 Å². The number of hydrogen-bond acceptors (Lipinski definition) is 5. The van der Waals surface area contributed by atoms with E-state index in [1.165, 1.54) is 0 Å². The third-order valence-electron chi connectivity index (χ3n) is 6.36. The van der Waals surface area contributed by atoms with E-state index in [2.05, 4.69) is 29.9 Å². The van der Waals surface area contributed by atoms with E-state index in [-0.39, 0.29) is 29.6 Å². The monoisotopic (exact) mass is 447 g/mol. The SMILES string of the molecule is C=C/C=C\C=C/CC(c1ccccc1)C1CN(C2CCOCC2)C(=O)c2c(O)c(=O)cnn21. The van der Waals surface area contributed by atoms with Crippen LogP contribution in [0.2, 0.25) is 0 Å². The summed E-state index contributed by atoms with van der Waals surface area (Å²) >= 11 is 0. The maximum atomic E-state index is 13.4. The van der Waals surface area contributed by atoms with Gasteiger partial charge in [0.2, 0.25) is 5.43 Å². The third-order valence-corrected chi connectivity index (χ3v) is 6.36. The molecule has 0 saturated carbocycles. The van der Waals surface area contributed by atoms with Crippen molar-refractivity contribution in [2.75, 3.05) is 19.8 Å². The van der Waals surface area contributed by atoms with Gasteiger partial charge in [-0.2, -0.15) is 5.10 Å². The molecule has 1 fully saturated rings. The van der Waals surface area contributed by atoms with Gasteiger partial charge in [0.05, 0.1) is 12.2 Å². The van der Waals surface area contributed by atoms with Crippen molar-refractivity contribution in [3.05, 3.63) is 95.0 Å². The van der Waals surface area contributed by atoms with Gasteiger partial charge in [0, 0.05) is 31.7 Å². The normalized spacial score (nSPS) is 20.3. The highest BCUT2D eigenvalue weighted by molar-refractivity contribution is 5.96. The summed E-state index contributed by atoms with van der Waals surface area (Å²) in [5.74, 6) is -0.909. The van der Waals surface area contributed by atoms with Gasteiger partial charge in [-0.3, -0.25) is 14.3 Å². The van der Waals surface area contributed by atoms with E-state index in [0.29, 0.717) is 26.2 Å². The number of aromatic hydroxyl groups is 1. The van der Waals surface area contributed by atoms with Gasteiger partial charge in [0.1, 0.15) is 0 Å². The van der Waals surface area contributed by atoms with Gasteiger partial charge in [-0.1, -0.05) is 67.3 Å². The molecule has 0 radical (unpaired) electrons. The second-order valence-corrected chi connectivity index (χ2v) is 8.32. The number of amides is 1. The molecule has 3 heterocycles. The van der Waals surface area contributed by atoms with Gasteiger partial charge < -0.3 is 14.7 Å². The summed E-state index contributed by atoms with van der Waals surface area (Å²) in [5.41, 5.74) is 0.432. The van der Waals surface area contributed by atoms with E-state index in [0.717, 1.165) is 24.6 Å². The average molecular weight is 448 g/mol. The maximum Gasteiger partial charge on any atom is 0.276 e. The molecule has 33 heavy (non-hydrogen) atoms. The number of aromatic nitrogens is 2. The molecule has 172 valence electrons. The molecule has 2 atom stereocenters. The summed E-state index contributed by atoms with van der Waals surface area (Å²) in [6, 6.07) is 9.83. The fourth-order valence-electron chi connectivity index (χ4n) is 4.68. The van der Waals surface area contributed by atoms with Gasteiger partial charge in [-0.25, -0.2) is 0 Å². The van der Waals surface area contributed by atoms with Crippen molar-refractivity contribution >= 4 is 5.91 Å². The fourth-order valence-corrected chi connectivity index (χ4v) is 4.68. The molecule has 7 heteroatoms. The number of ether oxygens (including phenoxy) is 1. The van der Waals surface area contributed by atoms with Crippen LogP contribution >= 0.6 is 0 Å². The Kier molecular flexibility index (Phi) is 7.19. The van der Waals surface area contributed by atoms with Crippen molar-refractivity contribution in [2.24, 2.45) is 0 Å². The Morgan fingerprint density at radius 3 is 2.64 bits per heavy atom. The number of carbonyl (C=O) groups excluding carboxylic acids is 1. The largest absolute Gasteiger partial charge is 0.502 e. The second kappa shape index (κ2) is 10.4. The number of allylic oxidation sites excluding steroid dienone is 5. The van der Waals surface area contributed by atoms with Crippen molar-refractivity contribution in [3.63, 3.8) is 0 Å². The topological polar surface area (TPSA) is 84.7 Å². The molecule has 0 spiro atoms. The molecule has 2 aromatic rings. The van der Waals surface area contributed by atoms with E-state index in [1.807, 2.05) is 36.4 Å². The van der Waals surface area contributed by atoms with Crippen LogP contribution in [-0.2, 0) is 4.74 Å². The Morgan fingerprint density at radius 1 is 1.15 bits per heavy atom. The molecule has 1 saturated heterocycles. The molecule has 1 amide bonds. The maximum absolute atomic E-state index is 13.4. The van der Waals surface area contributed by atoms with Gasteiger partial charge in [-0.05, 0) is 24.8 Å². The smallest absolute Gasteiger partial charge is 0.276 e. The van der Waals surface area contributed by atoms with Crippen LogP contribution < -0.4 is 5.43 Å². The minimum atomic E-state index is -0.645. The average Bonchev–Trinajstić information content (AvgIpc) is 2.85. The summed E-state index contributed by atoms with van der Waals surface area (Å²) in [5, 5.41) is 14.9. The molecule has 7 nitrogen and oxygen atoms in total. The Morgan fingerprint density at radius 2 is 1.91 bits per heavy atom. The van der Waals surface area contributed by atoms with E-state index < -0.39 is 11.2 Å². The first kappa shape index (κ1) is 22.7. The zero-order chi connectivity index (χ0) is 23.2. The summed E-state index contributed by atoms with van der Waals surface area (Å²) < 4.78 is 7.05. The Balaban J connectivity index is 1.78. The molecule has 0 bridgehead atoms. The number of carbonyl (C=O) groups is 1. The van der Waals surface area contributed by atoms with Crippen molar-refractivity contribution in [3.8, 4) is 5.75 Å². The van der Waals surface area contributed by atoms with Crippen LogP contribution in [0, 0.1) is 0 Å². The van der Waals surface area contributed by atoms with Crippen molar-refractivity contribution in [1.82, 2.24) is 14.7 Å². The zero-order valence-electron chi connectivity index (χ0n) is 18.5. The van der Waals surface area contributed by atoms with Crippen molar-refractivity contribution in [2.45, 2.75) is 37.3 Å². The number of hydrogen-bond donors (Lipinski definition) is 1. The minimum Gasteiger partial charge on any atom is -0.502 e. The Labute approximate surface area is 193 Å². The molecular formula is C26H29N3O4. The van der Waals surface area contributed by atoms with E-state index in [9.17, 15) is 14.7 Å². The predicted octanol–water partition coefficient (Wildman–Crippen LogP) is 3.60. The molecule has 1 aromatic heterocycles. The van der Waals surface area contributed by atoms with Gasteiger partial charge in [0.15, 0.2) is 11.4 Å². The van der Waals surface area contributed by atoms with Crippen LogP contribution in [0.5, 0.6) is 5.75 Å². The summed E-state index contributed by atoms with van der Waals surface area (Å²) in [7, 11) is 0. The third kappa shape index (κ3) is 4.83. The molecule has 1 aromatic carbocycles. The van der Waals surface area contributed by atoms with Gasteiger partial charge in [-0.15, -0.1) is 0 Å². The zero-order valence-corrected chi connectivity index (χ0v) is 18.5. The minimum absolute atomic E-state index is 0.000279. The molecule has 0 aliphatic carbocycles. The summed E-state index contributed by atoms with van der Waals surface area (Å²) in [6.07, 6.45) is 12.8. The van der Waals surface area contributed by atoms with E-state index >= 15 is 0 Å². The fraction of sp³-hybridized carbons (Fsp3) is 0.346. The van der Waals surface area contributed by atoms with Gasteiger partial charge >= 0.3 is 0 Å². The lowest BCUT2D eigenvalue weighted by Gasteiger charge is -2.43. The first-order valence-electron chi connectivity index (χ1n) is 11.3. The van der Waals surface area contributed by atoms with Crippen LogP contribution in [0.4, 0.5) is 0 Å². The van der Waals surface area contributed by atoms with E-state index in [1.54, 1.807) is 15.7 Å². The summed E-state index contributed by atoms with van der Waals surface area (Å²) in [4.78, 5) is 27.4. The number of rotatable bonds is 7. The first-order chi connectivity index (χ1) is 16.1. The first-order valence-corrected chi connectivity index (χ1v) is 11.3. The highest BCUT2D eigenvalue weighted by Gasteiger charge is 2.41. The number of benzene rings is 1. The molecular weight excluding hydrogens is 418 g/mol. The molecule has 4 rings (SSSR count). The lowest BCUT2D eigenvalue weighted by Crippen LogP contribution is -2.52. The van der Waals surface area contributed by atoms with Crippen LogP contribution in [0.1, 0.15) is 47.3 Å². The van der Waals surface area contributed by atoms with Crippen LogP contribution in [-0.4, -0.2) is 51.5 Å². The highest BCUT2D eigenvalue weighted by atomic mass is 16.5. The Hall–Kier alpha value is -3.45. The Bertz CT molecular complexity index is 1100. The molecule has 2 unspecified atom stereocenters. The molecule has 2 aliphatic heterocycles. The van der Waals surface area contributed by atoms with Crippen molar-refractivity contribution < 1.29 is 14.6 Å². The number of fused-ring (bicyclic) bond motifs is 1. The number of nitrogens with zero attached hydrogens (tertiary/aromatic N) is 3. The predicted molar refractivity (Wildman–Crippen MR) is 126 cm³/mol. The standard InChI is InChI=1S/C26H29N3O4/c1-2-3-4-5-9-12-21(19-10-7-6-8-11-19)22-18-28(20-13-15-33-16-14-20)26(32)24-25(31)23(30)17-27-29(22)24/h2-11,17,20-22,31H,1,12-16,18H2/b4-3-,9-5-. The van der Waals surface area contributed by atoms with Gasteiger partial charge in [0.25, 0.3) is 5.91 Å². The van der Waals surface area contributed by atoms with Crippen LogP contribution in [0.3, 0.4) is 0 Å². The van der Waals surface area contributed by atoms with Crippen molar-refractivity contribution in [1.29, 1.82) is 0 Å². The second-order valence-electron chi connectivity index (χ2n) is 8.32. The highest BCUT2D eigenvalue weighted by Crippen LogP contribution is 2.38.